The van der Waals surface area contributed by atoms with Gasteiger partial charge >= 0.3 is 6.09 Å². The van der Waals surface area contributed by atoms with Gasteiger partial charge < -0.3 is 15.6 Å². The van der Waals surface area contributed by atoms with Crippen molar-refractivity contribution in [1.82, 2.24) is 0 Å². The minimum absolute atomic E-state index is 0.0457. The van der Waals surface area contributed by atoms with Crippen LogP contribution in [0.5, 0.6) is 0 Å². The van der Waals surface area contributed by atoms with E-state index in [9.17, 15) is 9.18 Å². The van der Waals surface area contributed by atoms with E-state index in [0.717, 1.165) is 0 Å². The molecule has 0 aliphatic heterocycles. The van der Waals surface area contributed by atoms with Crippen molar-refractivity contribution in [3.8, 4) is 0 Å². The van der Waals surface area contributed by atoms with E-state index in [1.807, 2.05) is 0 Å². The molecule has 0 spiro atoms. The van der Waals surface area contributed by atoms with Gasteiger partial charge in [-0.1, -0.05) is 0 Å². The molecular formula is C7H12FNO3. The predicted molar refractivity (Wildman–Crippen MR) is 39.2 cm³/mol. The zero-order valence-corrected chi connectivity index (χ0v) is 6.57. The van der Waals surface area contributed by atoms with Crippen molar-refractivity contribution in [1.29, 1.82) is 0 Å². The number of hydrogen-bond acceptors (Lipinski definition) is 3. The van der Waals surface area contributed by atoms with E-state index < -0.39 is 24.5 Å². The third-order valence-corrected chi connectivity index (χ3v) is 1.97. The van der Waals surface area contributed by atoms with Crippen molar-refractivity contribution in [3.63, 3.8) is 0 Å². The minimum Gasteiger partial charge on any atom is -0.446 e. The second-order valence-electron chi connectivity index (χ2n) is 2.96. The van der Waals surface area contributed by atoms with Crippen LogP contribution in [0.25, 0.3) is 0 Å². The first-order valence-corrected chi connectivity index (χ1v) is 3.88. The Balaban J connectivity index is 2.35. The molecule has 0 heterocycles. The molecule has 4 nitrogen and oxygen atoms in total. The summed E-state index contributed by atoms with van der Waals surface area (Å²) in [6.45, 7) is 0. The number of primary amides is 1. The third kappa shape index (κ3) is 2.34. The van der Waals surface area contributed by atoms with Gasteiger partial charge in [-0.3, -0.25) is 0 Å². The van der Waals surface area contributed by atoms with Gasteiger partial charge in [-0.2, -0.15) is 0 Å². The highest BCUT2D eigenvalue weighted by molar-refractivity contribution is 5.64. The molecule has 3 N–H and O–H groups in total. The van der Waals surface area contributed by atoms with Gasteiger partial charge in [-0.05, 0) is 12.8 Å². The van der Waals surface area contributed by atoms with E-state index in [-0.39, 0.29) is 6.42 Å². The average molecular weight is 177 g/mol. The number of rotatable bonds is 1. The van der Waals surface area contributed by atoms with Crippen molar-refractivity contribution in [2.45, 2.75) is 37.6 Å². The maximum Gasteiger partial charge on any atom is 0.404 e. The van der Waals surface area contributed by atoms with Gasteiger partial charge in [-0.25, -0.2) is 9.18 Å². The molecule has 1 rings (SSSR count). The van der Waals surface area contributed by atoms with Crippen LogP contribution in [0.1, 0.15) is 19.3 Å². The summed E-state index contributed by atoms with van der Waals surface area (Å²) in [6, 6.07) is 0. The van der Waals surface area contributed by atoms with E-state index in [4.69, 9.17) is 10.8 Å². The number of carbonyl (C=O) groups is 1. The highest BCUT2D eigenvalue weighted by atomic mass is 19.1. The number of halogens is 1. The van der Waals surface area contributed by atoms with Gasteiger partial charge in [0.15, 0.2) is 0 Å². The van der Waals surface area contributed by atoms with Crippen LogP contribution in [-0.2, 0) is 4.74 Å². The van der Waals surface area contributed by atoms with E-state index in [1.165, 1.54) is 0 Å². The van der Waals surface area contributed by atoms with Crippen LogP contribution in [-0.4, -0.2) is 29.6 Å². The number of amides is 1. The first-order valence-electron chi connectivity index (χ1n) is 3.88. The number of aliphatic hydroxyl groups excluding tert-OH is 1. The highest BCUT2D eigenvalue weighted by Gasteiger charge is 2.30. The lowest BCUT2D eigenvalue weighted by Crippen LogP contribution is -2.36. The molecule has 0 aromatic rings. The summed E-state index contributed by atoms with van der Waals surface area (Å²) in [6.07, 6.45) is -2.74. The van der Waals surface area contributed by atoms with Crippen molar-refractivity contribution in [3.05, 3.63) is 0 Å². The van der Waals surface area contributed by atoms with Crippen LogP contribution in [0.2, 0.25) is 0 Å². The number of alkyl halides is 1. The fourth-order valence-corrected chi connectivity index (χ4v) is 1.33. The summed E-state index contributed by atoms with van der Waals surface area (Å²) in [5.74, 6) is 0. The van der Waals surface area contributed by atoms with Crippen molar-refractivity contribution in [2.24, 2.45) is 5.73 Å². The van der Waals surface area contributed by atoms with E-state index in [2.05, 4.69) is 4.74 Å². The summed E-state index contributed by atoms with van der Waals surface area (Å²) in [5, 5.41) is 8.98. The molecule has 0 saturated heterocycles. The zero-order valence-electron chi connectivity index (χ0n) is 6.57. The summed E-state index contributed by atoms with van der Waals surface area (Å²) in [5.41, 5.74) is 4.76. The fourth-order valence-electron chi connectivity index (χ4n) is 1.33. The number of hydrogen-bond donors (Lipinski definition) is 2. The Morgan fingerprint density at radius 2 is 2.25 bits per heavy atom. The van der Waals surface area contributed by atoms with Gasteiger partial charge in [0.2, 0.25) is 0 Å². The first kappa shape index (κ1) is 9.25. The second-order valence-corrected chi connectivity index (χ2v) is 2.96. The van der Waals surface area contributed by atoms with Gasteiger partial charge in [0, 0.05) is 6.42 Å². The zero-order chi connectivity index (χ0) is 9.14. The van der Waals surface area contributed by atoms with E-state index in [1.54, 1.807) is 0 Å². The molecule has 0 radical (unpaired) electrons. The molecule has 1 fully saturated rings. The third-order valence-electron chi connectivity index (χ3n) is 1.97. The quantitative estimate of drug-likeness (QED) is 0.606. The summed E-state index contributed by atoms with van der Waals surface area (Å²) in [7, 11) is 0. The lowest BCUT2D eigenvalue weighted by molar-refractivity contribution is -0.0151. The normalized spacial score (nSPS) is 36.0. The topological polar surface area (TPSA) is 72.6 Å². The second kappa shape index (κ2) is 3.71. The van der Waals surface area contributed by atoms with Crippen molar-refractivity contribution < 1.29 is 19.0 Å². The largest absolute Gasteiger partial charge is 0.446 e. The fraction of sp³-hybridized carbons (Fsp3) is 0.857. The van der Waals surface area contributed by atoms with Gasteiger partial charge in [0.25, 0.3) is 0 Å². The van der Waals surface area contributed by atoms with Crippen LogP contribution in [0, 0.1) is 0 Å². The van der Waals surface area contributed by atoms with Gasteiger partial charge in [0.1, 0.15) is 12.3 Å². The Kier molecular flexibility index (Phi) is 2.86. The molecule has 5 heteroatoms. The molecule has 1 aliphatic rings. The van der Waals surface area contributed by atoms with Crippen LogP contribution in [0.15, 0.2) is 0 Å². The molecule has 1 aliphatic carbocycles. The molecule has 3 atom stereocenters. The maximum atomic E-state index is 12.8. The van der Waals surface area contributed by atoms with Crippen molar-refractivity contribution in [2.75, 3.05) is 0 Å². The molecule has 0 bridgehead atoms. The van der Waals surface area contributed by atoms with Crippen LogP contribution >= 0.6 is 0 Å². The number of nitrogens with two attached hydrogens (primary N) is 1. The molecule has 1 saturated carbocycles. The molecule has 0 aromatic heterocycles. The van der Waals surface area contributed by atoms with Crippen LogP contribution in [0.3, 0.4) is 0 Å². The average Bonchev–Trinajstić information content (AvgIpc) is 1.96. The van der Waals surface area contributed by atoms with Gasteiger partial charge in [-0.15, -0.1) is 0 Å². The molecule has 0 aromatic carbocycles. The standard InChI is InChI=1S/C7H12FNO3/c8-5-3-4(12-7(9)11)1-2-6(5)10/h4-6,10H,1-3H2,(H2,9,11)/t4-,5+,6+/m1/s1. The Labute approximate surface area is 69.5 Å². The maximum absolute atomic E-state index is 12.8. The van der Waals surface area contributed by atoms with Crippen LogP contribution in [0.4, 0.5) is 9.18 Å². The predicted octanol–water partition coefficient (Wildman–Crippen LogP) is 0.333. The highest BCUT2D eigenvalue weighted by Crippen LogP contribution is 2.23. The Hall–Kier alpha value is -0.840. The Bertz CT molecular complexity index is 176. The van der Waals surface area contributed by atoms with E-state index >= 15 is 0 Å². The molecule has 70 valence electrons. The number of ether oxygens (including phenoxy) is 1. The van der Waals surface area contributed by atoms with Crippen LogP contribution < -0.4 is 5.73 Å². The lowest BCUT2D eigenvalue weighted by atomic mass is 9.93. The SMILES string of the molecule is NC(=O)O[C@@H]1CC[C@H](O)[C@@H](F)C1. The summed E-state index contributed by atoms with van der Waals surface area (Å²) < 4.78 is 17.4. The molecule has 12 heavy (non-hydrogen) atoms. The van der Waals surface area contributed by atoms with Gasteiger partial charge in [0.05, 0.1) is 6.10 Å². The Morgan fingerprint density at radius 1 is 1.58 bits per heavy atom. The number of aliphatic hydroxyl groups is 1. The molecule has 0 unspecified atom stereocenters. The number of carbonyl (C=O) groups excluding carboxylic acids is 1. The monoisotopic (exact) mass is 177 g/mol. The smallest absolute Gasteiger partial charge is 0.404 e. The molecule has 1 amide bonds. The van der Waals surface area contributed by atoms with Crippen molar-refractivity contribution >= 4 is 6.09 Å². The first-order chi connectivity index (χ1) is 5.59. The van der Waals surface area contributed by atoms with E-state index in [0.29, 0.717) is 12.8 Å². The lowest BCUT2D eigenvalue weighted by Gasteiger charge is -2.27. The minimum atomic E-state index is -1.30. The Morgan fingerprint density at radius 3 is 2.75 bits per heavy atom. The summed E-state index contributed by atoms with van der Waals surface area (Å²) in [4.78, 5) is 10.3. The molecular weight excluding hydrogens is 165 g/mol. The summed E-state index contributed by atoms with van der Waals surface area (Å²) >= 11 is 0.